The minimum absolute atomic E-state index is 0.616. The Kier molecular flexibility index (Phi) is 5.97. The summed E-state index contributed by atoms with van der Waals surface area (Å²) >= 11 is 0. The van der Waals surface area contributed by atoms with Crippen LogP contribution in [0.5, 0.6) is 0 Å². The number of aryl methyl sites for hydroxylation is 1. The predicted molar refractivity (Wildman–Crippen MR) is 104 cm³/mol. The highest BCUT2D eigenvalue weighted by molar-refractivity contribution is 5.86. The number of guanidine groups is 1. The van der Waals surface area contributed by atoms with E-state index in [1.807, 2.05) is 0 Å². The molecule has 1 unspecified atom stereocenters. The quantitative estimate of drug-likeness (QED) is 0.627. The van der Waals surface area contributed by atoms with Gasteiger partial charge >= 0.3 is 0 Å². The van der Waals surface area contributed by atoms with Crippen LogP contribution in [0.15, 0.2) is 29.4 Å². The molecule has 0 aliphatic carbocycles. The van der Waals surface area contributed by atoms with Crippen molar-refractivity contribution in [2.45, 2.75) is 26.7 Å². The van der Waals surface area contributed by atoms with Gasteiger partial charge in [0, 0.05) is 56.3 Å². The molecule has 1 aromatic carbocycles. The van der Waals surface area contributed by atoms with Crippen LogP contribution in [0.3, 0.4) is 0 Å². The molecule has 0 amide bonds. The van der Waals surface area contributed by atoms with Crippen molar-refractivity contribution >= 4 is 16.9 Å². The first-order valence-electron chi connectivity index (χ1n) is 9.31. The zero-order valence-corrected chi connectivity index (χ0v) is 15.6. The van der Waals surface area contributed by atoms with Gasteiger partial charge in [0.25, 0.3) is 0 Å². The van der Waals surface area contributed by atoms with Crippen molar-refractivity contribution in [3.63, 3.8) is 0 Å². The fourth-order valence-electron chi connectivity index (χ4n) is 3.60. The van der Waals surface area contributed by atoms with Gasteiger partial charge in [-0.2, -0.15) is 0 Å². The van der Waals surface area contributed by atoms with Crippen molar-refractivity contribution in [1.82, 2.24) is 15.2 Å². The molecular weight excluding hydrogens is 312 g/mol. The number of rotatable bonds is 6. The van der Waals surface area contributed by atoms with Gasteiger partial charge in [0.2, 0.25) is 0 Å². The van der Waals surface area contributed by atoms with Gasteiger partial charge in [-0.3, -0.25) is 4.99 Å². The van der Waals surface area contributed by atoms with Crippen molar-refractivity contribution in [2.24, 2.45) is 10.9 Å². The maximum atomic E-state index is 5.49. The molecule has 1 aliphatic rings. The molecule has 1 fully saturated rings. The van der Waals surface area contributed by atoms with Crippen LogP contribution in [0.1, 0.15) is 24.5 Å². The molecule has 0 saturated carbocycles. The van der Waals surface area contributed by atoms with Crippen molar-refractivity contribution in [3.8, 4) is 0 Å². The molecule has 2 aromatic rings. The standard InChI is InChI=1S/C20H30N4O/c1-4-21-20(24(3)13-16-9-11-25-14-16)22-10-8-17-12-23-18-7-5-6-15(2)19(17)18/h5-7,12,16,23H,4,8-11,13-14H2,1-3H3,(H,21,22). The lowest BCUT2D eigenvalue weighted by atomic mass is 10.1. The number of hydrogen-bond acceptors (Lipinski definition) is 2. The Morgan fingerprint density at radius 2 is 2.32 bits per heavy atom. The largest absolute Gasteiger partial charge is 0.381 e. The Labute approximate surface area is 150 Å². The van der Waals surface area contributed by atoms with Crippen LogP contribution in [0.4, 0.5) is 0 Å². The number of fused-ring (bicyclic) bond motifs is 1. The Balaban J connectivity index is 1.64. The van der Waals surface area contributed by atoms with Gasteiger partial charge < -0.3 is 19.9 Å². The van der Waals surface area contributed by atoms with Gasteiger partial charge in [-0.25, -0.2) is 0 Å². The Hall–Kier alpha value is -2.01. The van der Waals surface area contributed by atoms with Gasteiger partial charge in [-0.15, -0.1) is 0 Å². The lowest BCUT2D eigenvalue weighted by Crippen LogP contribution is -2.41. The minimum atomic E-state index is 0.616. The van der Waals surface area contributed by atoms with Gasteiger partial charge in [-0.1, -0.05) is 12.1 Å². The zero-order valence-electron chi connectivity index (χ0n) is 15.6. The lowest BCUT2D eigenvalue weighted by molar-refractivity contribution is 0.181. The van der Waals surface area contributed by atoms with E-state index in [0.717, 1.165) is 51.6 Å². The van der Waals surface area contributed by atoms with E-state index in [2.05, 4.69) is 60.5 Å². The Bertz CT molecular complexity index is 716. The second-order valence-electron chi connectivity index (χ2n) is 6.91. The molecule has 0 bridgehead atoms. The number of nitrogens with zero attached hydrogens (tertiary/aromatic N) is 2. The smallest absolute Gasteiger partial charge is 0.193 e. The maximum absolute atomic E-state index is 5.49. The molecule has 136 valence electrons. The topological polar surface area (TPSA) is 52.7 Å². The lowest BCUT2D eigenvalue weighted by Gasteiger charge is -2.24. The van der Waals surface area contributed by atoms with Crippen molar-refractivity contribution < 1.29 is 4.74 Å². The number of aromatic nitrogens is 1. The van der Waals surface area contributed by atoms with Crippen LogP contribution >= 0.6 is 0 Å². The molecule has 1 atom stereocenters. The molecule has 2 N–H and O–H groups in total. The summed E-state index contributed by atoms with van der Waals surface area (Å²) in [5.74, 6) is 1.61. The molecule has 1 saturated heterocycles. The van der Waals surface area contributed by atoms with Gasteiger partial charge in [0.15, 0.2) is 5.96 Å². The molecule has 5 nitrogen and oxygen atoms in total. The molecule has 1 aromatic heterocycles. The van der Waals surface area contributed by atoms with Gasteiger partial charge in [0.1, 0.15) is 0 Å². The van der Waals surface area contributed by atoms with Crippen molar-refractivity contribution in [2.75, 3.05) is 39.9 Å². The van der Waals surface area contributed by atoms with Gasteiger partial charge in [0.05, 0.1) is 6.61 Å². The van der Waals surface area contributed by atoms with Crippen LogP contribution in [-0.2, 0) is 11.2 Å². The molecule has 5 heteroatoms. The molecule has 0 radical (unpaired) electrons. The summed E-state index contributed by atoms with van der Waals surface area (Å²) in [7, 11) is 2.12. The highest BCUT2D eigenvalue weighted by Crippen LogP contribution is 2.22. The predicted octanol–water partition coefficient (Wildman–Crippen LogP) is 2.95. The molecule has 0 spiro atoms. The highest BCUT2D eigenvalue weighted by atomic mass is 16.5. The number of benzene rings is 1. The summed E-state index contributed by atoms with van der Waals surface area (Å²) in [5, 5.41) is 4.76. The summed E-state index contributed by atoms with van der Waals surface area (Å²) in [5.41, 5.74) is 3.88. The van der Waals surface area contributed by atoms with E-state index in [0.29, 0.717) is 5.92 Å². The SMILES string of the molecule is CCNC(=NCCc1c[nH]c2cccc(C)c12)N(C)CC1CCOC1. The van der Waals surface area contributed by atoms with E-state index in [-0.39, 0.29) is 0 Å². The van der Waals surface area contributed by atoms with Crippen LogP contribution in [0, 0.1) is 12.8 Å². The average molecular weight is 342 g/mol. The van der Waals surface area contributed by atoms with Crippen LogP contribution in [0.25, 0.3) is 10.9 Å². The molecule has 2 heterocycles. The fourth-order valence-corrected chi connectivity index (χ4v) is 3.60. The normalized spacial score (nSPS) is 18.0. The number of hydrogen-bond donors (Lipinski definition) is 2. The van der Waals surface area contributed by atoms with Crippen molar-refractivity contribution in [1.29, 1.82) is 0 Å². The van der Waals surface area contributed by atoms with Crippen LogP contribution < -0.4 is 5.32 Å². The third-order valence-electron chi connectivity index (χ3n) is 4.89. The number of aliphatic imine (C=N–C) groups is 1. The number of ether oxygens (including phenoxy) is 1. The van der Waals surface area contributed by atoms with Crippen LogP contribution in [-0.4, -0.2) is 55.7 Å². The highest BCUT2D eigenvalue weighted by Gasteiger charge is 2.19. The van der Waals surface area contributed by atoms with E-state index in [4.69, 9.17) is 9.73 Å². The summed E-state index contributed by atoms with van der Waals surface area (Å²) < 4.78 is 5.49. The molecular formula is C20H30N4O. The third-order valence-corrected chi connectivity index (χ3v) is 4.89. The second kappa shape index (κ2) is 8.39. The molecule has 3 rings (SSSR count). The van der Waals surface area contributed by atoms with E-state index < -0.39 is 0 Å². The third kappa shape index (κ3) is 4.34. The summed E-state index contributed by atoms with van der Waals surface area (Å²) in [6.45, 7) is 8.73. The minimum Gasteiger partial charge on any atom is -0.381 e. The van der Waals surface area contributed by atoms with Gasteiger partial charge in [-0.05, 0) is 43.9 Å². The number of aromatic amines is 1. The molecule has 25 heavy (non-hydrogen) atoms. The second-order valence-corrected chi connectivity index (χ2v) is 6.91. The Morgan fingerprint density at radius 3 is 3.08 bits per heavy atom. The monoisotopic (exact) mass is 342 g/mol. The first-order chi connectivity index (χ1) is 12.2. The van der Waals surface area contributed by atoms with E-state index in [1.165, 1.54) is 22.0 Å². The van der Waals surface area contributed by atoms with Crippen LogP contribution in [0.2, 0.25) is 0 Å². The summed E-state index contributed by atoms with van der Waals surface area (Å²) in [6.07, 6.45) is 4.22. The number of nitrogens with one attached hydrogen (secondary N) is 2. The molecule has 1 aliphatic heterocycles. The summed E-state index contributed by atoms with van der Waals surface area (Å²) in [4.78, 5) is 10.5. The van der Waals surface area contributed by atoms with E-state index >= 15 is 0 Å². The van der Waals surface area contributed by atoms with E-state index in [9.17, 15) is 0 Å². The first-order valence-corrected chi connectivity index (χ1v) is 9.31. The summed E-state index contributed by atoms with van der Waals surface area (Å²) in [6, 6.07) is 6.40. The zero-order chi connectivity index (χ0) is 17.6. The van der Waals surface area contributed by atoms with E-state index in [1.54, 1.807) is 0 Å². The fraction of sp³-hybridized carbons (Fsp3) is 0.550. The number of H-pyrrole nitrogens is 1. The maximum Gasteiger partial charge on any atom is 0.193 e. The Morgan fingerprint density at radius 1 is 1.44 bits per heavy atom. The average Bonchev–Trinajstić information content (AvgIpc) is 3.24. The van der Waals surface area contributed by atoms with Crippen molar-refractivity contribution in [3.05, 3.63) is 35.5 Å². The first kappa shape index (κ1) is 17.8.